The van der Waals surface area contributed by atoms with E-state index in [1.54, 1.807) is 0 Å². The fourth-order valence-corrected chi connectivity index (χ4v) is 10.8. The lowest BCUT2D eigenvalue weighted by Crippen LogP contribution is -2.32. The van der Waals surface area contributed by atoms with E-state index in [1.165, 1.54) is 22.3 Å². The molecule has 2 aliphatic rings. The van der Waals surface area contributed by atoms with E-state index in [2.05, 4.69) is 170 Å². The van der Waals surface area contributed by atoms with E-state index >= 15 is 0 Å². The molecule has 0 N–H and O–H groups in total. The second-order valence-corrected chi connectivity index (χ2v) is 17.0. The SMILES string of the molecule is c1ccc(-c2nc(-c3ccc(-c4nc5ccccc5c5c6c(ccc45)C4(c5ccccc5O6)c5ccccc5-c5ccccc54)cc3)cc(-c3cccc4oc5ccccc5c34)n2)cc1. The van der Waals surface area contributed by atoms with Crippen LogP contribution in [0.1, 0.15) is 22.3 Å². The van der Waals surface area contributed by atoms with Crippen molar-refractivity contribution in [1.29, 1.82) is 0 Å². The summed E-state index contributed by atoms with van der Waals surface area (Å²) in [5.74, 6) is 2.39. The van der Waals surface area contributed by atoms with E-state index in [0.717, 1.165) is 106 Å². The van der Waals surface area contributed by atoms with Gasteiger partial charge >= 0.3 is 0 Å². The molecule has 0 unspecified atom stereocenters. The first kappa shape index (κ1) is 35.9. The number of benzene rings is 9. The van der Waals surface area contributed by atoms with Crippen LogP contribution >= 0.6 is 0 Å². The number of fused-ring (bicyclic) bond motifs is 16. The number of para-hydroxylation sites is 3. The average Bonchev–Trinajstić information content (AvgIpc) is 3.90. The predicted molar refractivity (Wildman–Crippen MR) is 261 cm³/mol. The standard InChI is InChI=1S/C60H35N3O2/c1-2-15-38(16-3-1)59-62-50(35-51(63-59)42-21-14-28-54-55(42)43-20-7-12-26-52(43)64-54)36-29-31-37(32-30-36)57-44-33-34-48-58(56(44)41-19-6-11-25-49(41)61-57)65-53-27-13-10-24-47(53)60(48)45-22-8-4-17-39(45)40-18-5-9-23-46(40)60/h1-35H. The van der Waals surface area contributed by atoms with Crippen LogP contribution in [0.4, 0.5) is 0 Å². The summed E-state index contributed by atoms with van der Waals surface area (Å²) in [6, 6.07) is 74.6. The third-order valence-electron chi connectivity index (χ3n) is 13.6. The van der Waals surface area contributed by atoms with Crippen molar-refractivity contribution < 1.29 is 9.15 Å². The molecule has 9 aromatic carbocycles. The average molecular weight is 830 g/mol. The molecule has 0 saturated carbocycles. The first-order valence-corrected chi connectivity index (χ1v) is 22.0. The molecule has 0 radical (unpaired) electrons. The van der Waals surface area contributed by atoms with Gasteiger partial charge in [-0.05, 0) is 52.6 Å². The van der Waals surface area contributed by atoms with Crippen LogP contribution in [0.2, 0.25) is 0 Å². The van der Waals surface area contributed by atoms with Crippen molar-refractivity contribution in [2.24, 2.45) is 0 Å². The van der Waals surface area contributed by atoms with Gasteiger partial charge in [-0.15, -0.1) is 0 Å². The van der Waals surface area contributed by atoms with Crippen LogP contribution in [0, 0.1) is 0 Å². The molecule has 5 nitrogen and oxygen atoms in total. The normalized spacial score (nSPS) is 13.2. The maximum absolute atomic E-state index is 7.18. The maximum Gasteiger partial charge on any atom is 0.160 e. The summed E-state index contributed by atoms with van der Waals surface area (Å²) in [5, 5.41) is 5.23. The zero-order chi connectivity index (χ0) is 42.6. The molecule has 0 fully saturated rings. The van der Waals surface area contributed by atoms with Crippen LogP contribution in [0.5, 0.6) is 11.5 Å². The molecule has 14 rings (SSSR count). The number of furan rings is 1. The number of hydrogen-bond donors (Lipinski definition) is 0. The van der Waals surface area contributed by atoms with Crippen molar-refractivity contribution in [3.8, 4) is 67.8 Å². The summed E-state index contributed by atoms with van der Waals surface area (Å²) in [5.41, 5.74) is 15.8. The highest BCUT2D eigenvalue weighted by Crippen LogP contribution is 2.63. The van der Waals surface area contributed by atoms with E-state index in [4.69, 9.17) is 24.1 Å². The molecular weight excluding hydrogens is 795 g/mol. The van der Waals surface area contributed by atoms with E-state index < -0.39 is 5.41 Å². The quantitative estimate of drug-likeness (QED) is 0.165. The molecule has 302 valence electrons. The Morgan fingerprint density at radius 1 is 0.369 bits per heavy atom. The number of hydrogen-bond acceptors (Lipinski definition) is 5. The maximum atomic E-state index is 7.18. The highest BCUT2D eigenvalue weighted by atomic mass is 16.5. The molecule has 5 heteroatoms. The summed E-state index contributed by atoms with van der Waals surface area (Å²) in [7, 11) is 0. The molecule has 1 aliphatic heterocycles. The second kappa shape index (κ2) is 13.7. The van der Waals surface area contributed by atoms with E-state index in [1.807, 2.05) is 42.5 Å². The summed E-state index contributed by atoms with van der Waals surface area (Å²) < 4.78 is 13.5. The minimum atomic E-state index is -0.566. The van der Waals surface area contributed by atoms with Crippen LogP contribution in [0.3, 0.4) is 0 Å². The molecule has 1 spiro atoms. The molecule has 1 aliphatic carbocycles. The van der Waals surface area contributed by atoms with Gasteiger partial charge in [-0.1, -0.05) is 182 Å². The first-order valence-electron chi connectivity index (χ1n) is 22.0. The number of pyridine rings is 1. The fourth-order valence-electron chi connectivity index (χ4n) is 10.8. The Kier molecular flexibility index (Phi) is 7.54. The third kappa shape index (κ3) is 5.12. The van der Waals surface area contributed by atoms with Crippen LogP contribution in [-0.4, -0.2) is 15.0 Å². The van der Waals surface area contributed by atoms with Gasteiger partial charge in [0.15, 0.2) is 5.82 Å². The molecule has 0 saturated heterocycles. The smallest absolute Gasteiger partial charge is 0.160 e. The van der Waals surface area contributed by atoms with Crippen LogP contribution in [0.15, 0.2) is 217 Å². The Balaban J connectivity index is 0.959. The van der Waals surface area contributed by atoms with Crippen molar-refractivity contribution in [3.63, 3.8) is 0 Å². The Bertz CT molecular complexity index is 3880. The number of ether oxygens (including phenoxy) is 1. The van der Waals surface area contributed by atoms with Gasteiger partial charge in [-0.25, -0.2) is 15.0 Å². The van der Waals surface area contributed by atoms with E-state index in [9.17, 15) is 0 Å². The van der Waals surface area contributed by atoms with Crippen LogP contribution < -0.4 is 4.74 Å². The zero-order valence-electron chi connectivity index (χ0n) is 34.9. The molecule has 3 aromatic heterocycles. The van der Waals surface area contributed by atoms with Crippen LogP contribution in [0.25, 0.3) is 99.9 Å². The Labute approximate surface area is 373 Å². The van der Waals surface area contributed by atoms with Crippen molar-refractivity contribution in [3.05, 3.63) is 235 Å². The van der Waals surface area contributed by atoms with Crippen molar-refractivity contribution >= 4 is 43.6 Å². The molecule has 0 amide bonds. The van der Waals surface area contributed by atoms with Crippen LogP contribution in [-0.2, 0) is 5.41 Å². The molecular formula is C60H35N3O2. The summed E-state index contributed by atoms with van der Waals surface area (Å²) in [6.07, 6.45) is 0. The van der Waals surface area contributed by atoms with Crippen molar-refractivity contribution in [1.82, 2.24) is 15.0 Å². The fraction of sp³-hybridized carbons (Fsp3) is 0.0167. The largest absolute Gasteiger partial charge is 0.456 e. The minimum Gasteiger partial charge on any atom is -0.456 e. The Morgan fingerprint density at radius 3 is 1.82 bits per heavy atom. The summed E-state index contributed by atoms with van der Waals surface area (Å²) >= 11 is 0. The van der Waals surface area contributed by atoms with Gasteiger partial charge in [0.1, 0.15) is 22.7 Å². The molecule has 4 heterocycles. The molecule has 65 heavy (non-hydrogen) atoms. The van der Waals surface area contributed by atoms with Gasteiger partial charge in [0.2, 0.25) is 0 Å². The molecule has 12 aromatic rings. The van der Waals surface area contributed by atoms with Gasteiger partial charge < -0.3 is 9.15 Å². The Morgan fingerprint density at radius 2 is 1.00 bits per heavy atom. The van der Waals surface area contributed by atoms with Crippen molar-refractivity contribution in [2.45, 2.75) is 5.41 Å². The summed E-state index contributed by atoms with van der Waals surface area (Å²) in [6.45, 7) is 0. The van der Waals surface area contributed by atoms with Gasteiger partial charge in [-0.2, -0.15) is 0 Å². The summed E-state index contributed by atoms with van der Waals surface area (Å²) in [4.78, 5) is 15.8. The lowest BCUT2D eigenvalue weighted by molar-refractivity contribution is 0.442. The highest BCUT2D eigenvalue weighted by molar-refractivity contribution is 6.15. The van der Waals surface area contributed by atoms with Gasteiger partial charge in [0.25, 0.3) is 0 Å². The highest BCUT2D eigenvalue weighted by Gasteiger charge is 2.51. The number of nitrogens with zero attached hydrogens (tertiary/aromatic N) is 3. The molecule has 0 bridgehead atoms. The monoisotopic (exact) mass is 829 g/mol. The van der Waals surface area contributed by atoms with Gasteiger partial charge in [-0.3, -0.25) is 0 Å². The van der Waals surface area contributed by atoms with Gasteiger partial charge in [0.05, 0.1) is 28.0 Å². The molecule has 0 atom stereocenters. The minimum absolute atomic E-state index is 0.566. The number of aromatic nitrogens is 3. The Hall–Kier alpha value is -8.67. The van der Waals surface area contributed by atoms with Gasteiger partial charge in [0, 0.05) is 60.3 Å². The lowest BCUT2D eigenvalue weighted by atomic mass is 9.65. The van der Waals surface area contributed by atoms with E-state index in [-0.39, 0.29) is 0 Å². The second-order valence-electron chi connectivity index (χ2n) is 17.0. The lowest BCUT2D eigenvalue weighted by Gasteiger charge is -2.40. The zero-order valence-corrected chi connectivity index (χ0v) is 34.9. The first-order chi connectivity index (χ1) is 32.2. The number of rotatable bonds is 4. The topological polar surface area (TPSA) is 61.0 Å². The van der Waals surface area contributed by atoms with Crippen molar-refractivity contribution in [2.75, 3.05) is 0 Å². The van der Waals surface area contributed by atoms with E-state index in [0.29, 0.717) is 5.82 Å². The predicted octanol–water partition coefficient (Wildman–Crippen LogP) is 15.2. The third-order valence-corrected chi connectivity index (χ3v) is 13.6.